The van der Waals surface area contributed by atoms with Gasteiger partial charge < -0.3 is 4.90 Å². The fourth-order valence-corrected chi connectivity index (χ4v) is 4.50. The maximum absolute atomic E-state index is 12.3. The molecular weight excluding hydrogens is 364 g/mol. The third-order valence-corrected chi connectivity index (χ3v) is 6.23. The predicted octanol–water partition coefficient (Wildman–Crippen LogP) is 3.77. The zero-order valence-corrected chi connectivity index (χ0v) is 15.6. The number of Topliss-reactive ketones (excluding diaryl/α,β-unsaturated/α-hetero) is 1. The monoisotopic (exact) mass is 382 g/mol. The number of ketones is 1. The van der Waals surface area contributed by atoms with Crippen molar-refractivity contribution in [1.29, 1.82) is 0 Å². The lowest BCUT2D eigenvalue weighted by Crippen LogP contribution is -2.48. The van der Waals surface area contributed by atoms with E-state index in [-0.39, 0.29) is 24.5 Å². The molecule has 0 aromatic carbocycles. The highest BCUT2D eigenvalue weighted by Crippen LogP contribution is 2.23. The molecule has 128 valence electrons. The molecule has 0 unspecified atom stereocenters. The zero-order chi connectivity index (χ0) is 16.9. The largest absolute Gasteiger partial charge is 0.340 e. The molecule has 3 rings (SSSR count). The van der Waals surface area contributed by atoms with Crippen molar-refractivity contribution in [3.05, 3.63) is 43.7 Å². The molecule has 1 aliphatic rings. The number of amides is 1. The van der Waals surface area contributed by atoms with Crippen molar-refractivity contribution in [2.75, 3.05) is 26.2 Å². The zero-order valence-electron chi connectivity index (χ0n) is 13.2. The van der Waals surface area contributed by atoms with E-state index in [1.54, 1.807) is 23.5 Å². The van der Waals surface area contributed by atoms with Gasteiger partial charge in [-0.1, -0.05) is 17.7 Å². The molecule has 0 radical (unpaired) electrons. The van der Waals surface area contributed by atoms with Crippen LogP contribution < -0.4 is 0 Å². The molecule has 1 fully saturated rings. The van der Waals surface area contributed by atoms with E-state index >= 15 is 0 Å². The van der Waals surface area contributed by atoms with Crippen molar-refractivity contribution in [2.45, 2.75) is 19.4 Å². The third kappa shape index (κ3) is 4.66. The van der Waals surface area contributed by atoms with Crippen molar-refractivity contribution in [2.24, 2.45) is 0 Å². The molecule has 0 spiro atoms. The highest BCUT2D eigenvalue weighted by molar-refractivity contribution is 7.18. The van der Waals surface area contributed by atoms with E-state index in [2.05, 4.69) is 22.4 Å². The van der Waals surface area contributed by atoms with E-state index in [9.17, 15) is 9.59 Å². The van der Waals surface area contributed by atoms with Gasteiger partial charge in [0.05, 0.1) is 9.21 Å². The summed E-state index contributed by atoms with van der Waals surface area (Å²) in [6, 6.07) is 7.65. The predicted molar refractivity (Wildman–Crippen MR) is 99.1 cm³/mol. The summed E-state index contributed by atoms with van der Waals surface area (Å²) in [5.41, 5.74) is 0. The summed E-state index contributed by atoms with van der Waals surface area (Å²) < 4.78 is 0.603. The van der Waals surface area contributed by atoms with Crippen LogP contribution in [0.3, 0.4) is 0 Å². The Morgan fingerprint density at radius 2 is 1.88 bits per heavy atom. The second-order valence-electron chi connectivity index (χ2n) is 5.76. The molecule has 1 saturated heterocycles. The standard InChI is InChI=1S/C17H19ClN2O2S2/c18-16-5-4-15(24-16)14(21)3-6-17(22)20-9-7-19(8-10-20)12-13-2-1-11-23-13/h1-2,4-5,11H,3,6-10,12H2. The van der Waals surface area contributed by atoms with Crippen LogP contribution in [0.2, 0.25) is 4.34 Å². The van der Waals surface area contributed by atoms with Gasteiger partial charge in [0, 0.05) is 50.4 Å². The van der Waals surface area contributed by atoms with Crippen LogP contribution >= 0.6 is 34.3 Å². The molecule has 1 aliphatic heterocycles. The Balaban J connectivity index is 1.41. The number of carbonyl (C=O) groups is 2. The van der Waals surface area contributed by atoms with Crippen LogP contribution in [0.25, 0.3) is 0 Å². The third-order valence-electron chi connectivity index (χ3n) is 4.10. The second-order valence-corrected chi connectivity index (χ2v) is 8.51. The van der Waals surface area contributed by atoms with E-state index in [1.807, 2.05) is 4.90 Å². The van der Waals surface area contributed by atoms with Gasteiger partial charge in [-0.3, -0.25) is 14.5 Å². The lowest BCUT2D eigenvalue weighted by atomic mass is 10.1. The van der Waals surface area contributed by atoms with Crippen molar-refractivity contribution in [1.82, 2.24) is 9.80 Å². The molecule has 7 heteroatoms. The first-order valence-corrected chi connectivity index (χ1v) is 10.0. The van der Waals surface area contributed by atoms with E-state index in [0.29, 0.717) is 9.21 Å². The summed E-state index contributed by atoms with van der Waals surface area (Å²) in [5.74, 6) is 0.0679. The number of piperazine rings is 1. The Hall–Kier alpha value is -1.21. The maximum atomic E-state index is 12.3. The van der Waals surface area contributed by atoms with Crippen LogP contribution in [0.4, 0.5) is 0 Å². The van der Waals surface area contributed by atoms with Crippen LogP contribution in [0, 0.1) is 0 Å². The normalized spacial score (nSPS) is 15.6. The van der Waals surface area contributed by atoms with E-state index in [0.717, 1.165) is 32.7 Å². The minimum atomic E-state index is -0.00317. The number of nitrogens with zero attached hydrogens (tertiary/aromatic N) is 2. The molecule has 0 bridgehead atoms. The first-order valence-electron chi connectivity index (χ1n) is 7.93. The van der Waals surface area contributed by atoms with Gasteiger partial charge in [-0.05, 0) is 23.6 Å². The highest BCUT2D eigenvalue weighted by Gasteiger charge is 2.22. The first kappa shape index (κ1) is 17.6. The van der Waals surface area contributed by atoms with E-state index in [1.165, 1.54) is 16.2 Å². The topological polar surface area (TPSA) is 40.6 Å². The Morgan fingerprint density at radius 3 is 2.50 bits per heavy atom. The summed E-state index contributed by atoms with van der Waals surface area (Å²) in [5, 5.41) is 2.09. The quantitative estimate of drug-likeness (QED) is 0.714. The molecule has 0 atom stereocenters. The van der Waals surface area contributed by atoms with E-state index < -0.39 is 0 Å². The summed E-state index contributed by atoms with van der Waals surface area (Å²) >= 11 is 8.88. The fraction of sp³-hybridized carbons (Fsp3) is 0.412. The van der Waals surface area contributed by atoms with Gasteiger partial charge in [0.1, 0.15) is 0 Å². The van der Waals surface area contributed by atoms with Gasteiger partial charge in [0.25, 0.3) is 0 Å². The number of halogens is 1. The lowest BCUT2D eigenvalue weighted by molar-refractivity contribution is -0.132. The molecule has 2 aromatic heterocycles. The van der Waals surface area contributed by atoms with Gasteiger partial charge in [-0.25, -0.2) is 0 Å². The Morgan fingerprint density at radius 1 is 1.08 bits per heavy atom. The number of thiophene rings is 2. The molecule has 0 N–H and O–H groups in total. The van der Waals surface area contributed by atoms with E-state index in [4.69, 9.17) is 11.6 Å². The molecule has 2 aromatic rings. The van der Waals surface area contributed by atoms with Gasteiger partial charge >= 0.3 is 0 Å². The highest BCUT2D eigenvalue weighted by atomic mass is 35.5. The minimum absolute atomic E-state index is 0.00317. The molecule has 4 nitrogen and oxygen atoms in total. The molecular formula is C17H19ClN2O2S2. The van der Waals surface area contributed by atoms with Crippen LogP contribution in [0.1, 0.15) is 27.4 Å². The van der Waals surface area contributed by atoms with Crippen LogP contribution in [0.15, 0.2) is 29.6 Å². The number of hydrogen-bond donors (Lipinski definition) is 0. The second kappa shape index (κ2) is 8.25. The number of carbonyl (C=O) groups excluding carboxylic acids is 2. The summed E-state index contributed by atoms with van der Waals surface area (Å²) in [6.07, 6.45) is 0.532. The average molecular weight is 383 g/mol. The number of rotatable bonds is 6. The van der Waals surface area contributed by atoms with Crippen molar-refractivity contribution >= 4 is 46.0 Å². The molecule has 24 heavy (non-hydrogen) atoms. The smallest absolute Gasteiger partial charge is 0.223 e. The molecule has 3 heterocycles. The van der Waals surface area contributed by atoms with Crippen LogP contribution in [-0.4, -0.2) is 47.7 Å². The Kier molecular flexibility index (Phi) is 6.05. The summed E-state index contributed by atoms with van der Waals surface area (Å²) in [4.78, 5) is 30.6. The van der Waals surface area contributed by atoms with Crippen molar-refractivity contribution in [3.63, 3.8) is 0 Å². The summed E-state index contributed by atoms with van der Waals surface area (Å²) in [6.45, 7) is 4.21. The lowest BCUT2D eigenvalue weighted by Gasteiger charge is -2.34. The fourth-order valence-electron chi connectivity index (χ4n) is 2.74. The first-order chi connectivity index (χ1) is 11.6. The summed E-state index contributed by atoms with van der Waals surface area (Å²) in [7, 11) is 0. The van der Waals surface area contributed by atoms with Crippen LogP contribution in [0.5, 0.6) is 0 Å². The molecule has 0 aliphatic carbocycles. The number of hydrogen-bond acceptors (Lipinski definition) is 5. The SMILES string of the molecule is O=C(CCC(=O)N1CCN(Cc2cccs2)CC1)c1ccc(Cl)s1. The van der Waals surface area contributed by atoms with Crippen molar-refractivity contribution in [3.8, 4) is 0 Å². The average Bonchev–Trinajstić information content (AvgIpc) is 3.24. The Labute approximate surface area is 154 Å². The van der Waals surface area contributed by atoms with Gasteiger partial charge in [-0.15, -0.1) is 22.7 Å². The molecule has 0 saturated carbocycles. The van der Waals surface area contributed by atoms with Crippen molar-refractivity contribution < 1.29 is 9.59 Å². The minimum Gasteiger partial charge on any atom is -0.340 e. The maximum Gasteiger partial charge on any atom is 0.223 e. The van der Waals surface area contributed by atoms with Crippen LogP contribution in [-0.2, 0) is 11.3 Å². The van der Waals surface area contributed by atoms with Gasteiger partial charge in [-0.2, -0.15) is 0 Å². The molecule has 1 amide bonds. The van der Waals surface area contributed by atoms with Gasteiger partial charge in [0.2, 0.25) is 5.91 Å². The van der Waals surface area contributed by atoms with Gasteiger partial charge in [0.15, 0.2) is 5.78 Å². The Bertz CT molecular complexity index is 691.